The Balaban J connectivity index is 2.81. The first-order chi connectivity index (χ1) is 7.06. The van der Waals surface area contributed by atoms with Crippen LogP contribution < -0.4 is 4.74 Å². The van der Waals surface area contributed by atoms with Gasteiger partial charge in [0.15, 0.2) is 6.10 Å². The number of hydrogen-bond acceptors (Lipinski definition) is 3. The number of rotatable bonds is 3. The fourth-order valence-electron chi connectivity index (χ4n) is 0.980. The predicted octanol–water partition coefficient (Wildman–Crippen LogP) is 2.93. The van der Waals surface area contributed by atoms with E-state index in [-0.39, 0.29) is 5.02 Å². The van der Waals surface area contributed by atoms with Gasteiger partial charge in [0.05, 0.1) is 12.1 Å². The van der Waals surface area contributed by atoms with Crippen molar-refractivity contribution in [3.8, 4) is 5.75 Å². The third kappa shape index (κ3) is 3.01. The summed E-state index contributed by atoms with van der Waals surface area (Å²) >= 11 is 11.7. The van der Waals surface area contributed by atoms with E-state index in [0.29, 0.717) is 10.8 Å². The minimum absolute atomic E-state index is 0.287. The monoisotopic (exact) mass is 248 g/mol. The first-order valence-electron chi connectivity index (χ1n) is 4.24. The Kier molecular flexibility index (Phi) is 4.24. The molecule has 0 aromatic heterocycles. The van der Waals surface area contributed by atoms with Gasteiger partial charge in [-0.05, 0) is 19.1 Å². The molecule has 0 N–H and O–H groups in total. The van der Waals surface area contributed by atoms with Crippen LogP contribution in [0.1, 0.15) is 6.92 Å². The van der Waals surface area contributed by atoms with Gasteiger partial charge in [0, 0.05) is 0 Å². The molecule has 0 aliphatic rings. The lowest BCUT2D eigenvalue weighted by Crippen LogP contribution is -2.25. The highest BCUT2D eigenvalue weighted by Gasteiger charge is 2.16. The zero-order valence-corrected chi connectivity index (χ0v) is 9.80. The quantitative estimate of drug-likeness (QED) is 0.772. The number of ether oxygens (including phenoxy) is 2. The number of carbonyl (C=O) groups excluding carboxylic acids is 1. The Morgan fingerprint density at radius 1 is 1.40 bits per heavy atom. The SMILES string of the molecule is COC(=O)[C@@H](C)Oc1cccc(Cl)c1Cl. The molecule has 0 saturated carbocycles. The fourth-order valence-corrected chi connectivity index (χ4v) is 1.32. The van der Waals surface area contributed by atoms with Crippen molar-refractivity contribution in [3.05, 3.63) is 28.2 Å². The summed E-state index contributed by atoms with van der Waals surface area (Å²) in [6.07, 6.45) is -0.717. The molecule has 0 radical (unpaired) electrons. The van der Waals surface area contributed by atoms with Crippen LogP contribution in [-0.4, -0.2) is 19.2 Å². The van der Waals surface area contributed by atoms with E-state index in [9.17, 15) is 4.79 Å². The minimum Gasteiger partial charge on any atom is -0.477 e. The van der Waals surface area contributed by atoms with Gasteiger partial charge in [-0.2, -0.15) is 0 Å². The highest BCUT2D eigenvalue weighted by atomic mass is 35.5. The second-order valence-electron chi connectivity index (χ2n) is 2.84. The van der Waals surface area contributed by atoms with Gasteiger partial charge in [-0.3, -0.25) is 0 Å². The Hall–Kier alpha value is -0.930. The summed E-state index contributed by atoms with van der Waals surface area (Å²) in [7, 11) is 1.29. The molecule has 1 aromatic rings. The molecular weight excluding hydrogens is 239 g/mol. The van der Waals surface area contributed by atoms with E-state index in [1.807, 2.05) is 0 Å². The molecule has 5 heteroatoms. The van der Waals surface area contributed by atoms with Crippen LogP contribution in [0.4, 0.5) is 0 Å². The number of carbonyl (C=O) groups is 1. The van der Waals surface area contributed by atoms with Crippen molar-refractivity contribution in [1.29, 1.82) is 0 Å². The van der Waals surface area contributed by atoms with Gasteiger partial charge in [-0.25, -0.2) is 4.79 Å². The van der Waals surface area contributed by atoms with Gasteiger partial charge >= 0.3 is 5.97 Å². The van der Waals surface area contributed by atoms with Crippen LogP contribution in [0.2, 0.25) is 10.0 Å². The van der Waals surface area contributed by atoms with Crippen LogP contribution in [0.3, 0.4) is 0 Å². The predicted molar refractivity (Wildman–Crippen MR) is 58.6 cm³/mol. The molecular formula is C10H10Cl2O3. The summed E-state index contributed by atoms with van der Waals surface area (Å²) < 4.78 is 9.80. The van der Waals surface area contributed by atoms with Crippen molar-refractivity contribution in [2.24, 2.45) is 0 Å². The van der Waals surface area contributed by atoms with E-state index < -0.39 is 12.1 Å². The number of esters is 1. The summed E-state index contributed by atoms with van der Waals surface area (Å²) in [4.78, 5) is 11.1. The van der Waals surface area contributed by atoms with E-state index in [0.717, 1.165) is 0 Å². The van der Waals surface area contributed by atoms with Crippen molar-refractivity contribution >= 4 is 29.2 Å². The molecule has 82 valence electrons. The lowest BCUT2D eigenvalue weighted by atomic mass is 10.3. The molecule has 0 heterocycles. The van der Waals surface area contributed by atoms with Crippen LogP contribution in [0.25, 0.3) is 0 Å². The van der Waals surface area contributed by atoms with Crippen LogP contribution in [-0.2, 0) is 9.53 Å². The zero-order valence-electron chi connectivity index (χ0n) is 8.29. The Bertz CT molecular complexity index is 366. The number of benzene rings is 1. The molecule has 0 aliphatic carbocycles. The normalized spacial score (nSPS) is 12.0. The molecule has 0 unspecified atom stereocenters. The van der Waals surface area contributed by atoms with Crippen molar-refractivity contribution in [3.63, 3.8) is 0 Å². The summed E-state index contributed by atoms with van der Waals surface area (Å²) in [6.45, 7) is 1.57. The minimum atomic E-state index is -0.717. The summed E-state index contributed by atoms with van der Waals surface area (Å²) in [5.41, 5.74) is 0. The Morgan fingerprint density at radius 2 is 2.07 bits per heavy atom. The van der Waals surface area contributed by atoms with Crippen LogP contribution in [0.15, 0.2) is 18.2 Å². The van der Waals surface area contributed by atoms with E-state index in [1.54, 1.807) is 25.1 Å². The first kappa shape index (κ1) is 12.1. The molecule has 1 rings (SSSR count). The van der Waals surface area contributed by atoms with Crippen LogP contribution in [0.5, 0.6) is 5.75 Å². The van der Waals surface area contributed by atoms with Gasteiger partial charge in [0.25, 0.3) is 0 Å². The van der Waals surface area contributed by atoms with Crippen molar-refractivity contribution < 1.29 is 14.3 Å². The first-order valence-corrected chi connectivity index (χ1v) is 5.00. The van der Waals surface area contributed by atoms with E-state index in [1.165, 1.54) is 7.11 Å². The maximum Gasteiger partial charge on any atom is 0.346 e. The molecule has 0 aliphatic heterocycles. The van der Waals surface area contributed by atoms with E-state index in [2.05, 4.69) is 4.74 Å². The molecule has 15 heavy (non-hydrogen) atoms. The topological polar surface area (TPSA) is 35.5 Å². The summed E-state index contributed by atoms with van der Waals surface area (Å²) in [5, 5.41) is 0.668. The molecule has 0 saturated heterocycles. The number of hydrogen-bond donors (Lipinski definition) is 0. The second-order valence-corrected chi connectivity index (χ2v) is 3.62. The third-order valence-electron chi connectivity index (χ3n) is 1.75. The lowest BCUT2D eigenvalue weighted by Gasteiger charge is -2.13. The molecule has 0 bridgehead atoms. The number of methoxy groups -OCH3 is 1. The highest BCUT2D eigenvalue weighted by Crippen LogP contribution is 2.32. The Labute approximate surface area is 97.9 Å². The molecule has 3 nitrogen and oxygen atoms in total. The van der Waals surface area contributed by atoms with Crippen molar-refractivity contribution in [2.45, 2.75) is 13.0 Å². The number of halogens is 2. The highest BCUT2D eigenvalue weighted by molar-refractivity contribution is 6.42. The average molecular weight is 249 g/mol. The fraction of sp³-hybridized carbons (Fsp3) is 0.300. The largest absolute Gasteiger partial charge is 0.477 e. The summed E-state index contributed by atoms with van der Waals surface area (Å²) in [6, 6.07) is 4.96. The molecule has 0 fully saturated rings. The molecule has 1 atom stereocenters. The lowest BCUT2D eigenvalue weighted by molar-refractivity contribution is -0.147. The Morgan fingerprint density at radius 3 is 2.67 bits per heavy atom. The van der Waals surface area contributed by atoms with Gasteiger partial charge in [0.1, 0.15) is 10.8 Å². The molecule has 0 spiro atoms. The van der Waals surface area contributed by atoms with Gasteiger partial charge in [-0.15, -0.1) is 0 Å². The standard InChI is InChI=1S/C10H10Cl2O3/c1-6(10(13)14-2)15-8-5-3-4-7(11)9(8)12/h3-6H,1-2H3/t6-/m1/s1. The molecule has 1 aromatic carbocycles. The van der Waals surface area contributed by atoms with Crippen LogP contribution >= 0.6 is 23.2 Å². The van der Waals surface area contributed by atoms with E-state index in [4.69, 9.17) is 27.9 Å². The van der Waals surface area contributed by atoms with Crippen molar-refractivity contribution in [2.75, 3.05) is 7.11 Å². The van der Waals surface area contributed by atoms with Gasteiger partial charge < -0.3 is 9.47 Å². The zero-order chi connectivity index (χ0) is 11.4. The maximum absolute atomic E-state index is 11.1. The summed E-state index contributed by atoms with van der Waals surface area (Å²) in [5.74, 6) is -0.104. The van der Waals surface area contributed by atoms with Crippen LogP contribution in [0, 0.1) is 0 Å². The van der Waals surface area contributed by atoms with Crippen molar-refractivity contribution in [1.82, 2.24) is 0 Å². The molecule has 0 amide bonds. The second kappa shape index (κ2) is 5.24. The average Bonchev–Trinajstić information content (AvgIpc) is 2.23. The van der Waals surface area contributed by atoms with E-state index >= 15 is 0 Å². The maximum atomic E-state index is 11.1. The smallest absolute Gasteiger partial charge is 0.346 e. The van der Waals surface area contributed by atoms with Gasteiger partial charge in [-0.1, -0.05) is 29.3 Å². The third-order valence-corrected chi connectivity index (χ3v) is 2.55. The van der Waals surface area contributed by atoms with Gasteiger partial charge in [0.2, 0.25) is 0 Å².